The summed E-state index contributed by atoms with van der Waals surface area (Å²) in [6.07, 6.45) is 7.87. The Balaban J connectivity index is 1.60. The average Bonchev–Trinajstić information content (AvgIpc) is 2.92. The number of ether oxygens (including phenoxy) is 1. The lowest BCUT2D eigenvalue weighted by atomic mass is 10.1. The molecule has 0 N–H and O–H groups in total. The standard InChI is InChI=1S/C19H30N2O3S/c1-2-24-18-9-11-19(12-10-18)25(22,23)21-15-13-20(14-16-21)17-7-5-3-4-6-8-17/h9-12,17H,2-8,13-16H2,1H3. The molecule has 2 fully saturated rings. The summed E-state index contributed by atoms with van der Waals surface area (Å²) < 4.78 is 32.8. The molecule has 1 aliphatic carbocycles. The Kier molecular flexibility index (Phi) is 6.36. The van der Waals surface area contributed by atoms with Crippen molar-refractivity contribution in [1.82, 2.24) is 9.21 Å². The van der Waals surface area contributed by atoms with Gasteiger partial charge in [0.15, 0.2) is 0 Å². The van der Waals surface area contributed by atoms with E-state index in [1.54, 1.807) is 28.6 Å². The number of rotatable bonds is 5. The second-order valence-electron chi connectivity index (χ2n) is 6.99. The molecule has 0 aromatic heterocycles. The predicted octanol–water partition coefficient (Wildman–Crippen LogP) is 3.11. The van der Waals surface area contributed by atoms with Gasteiger partial charge in [-0.25, -0.2) is 8.42 Å². The highest BCUT2D eigenvalue weighted by atomic mass is 32.2. The number of hydrogen-bond acceptors (Lipinski definition) is 4. The van der Waals surface area contributed by atoms with Crippen LogP contribution in [0.3, 0.4) is 0 Å². The van der Waals surface area contributed by atoms with Crippen molar-refractivity contribution in [2.75, 3.05) is 32.8 Å². The molecule has 0 atom stereocenters. The van der Waals surface area contributed by atoms with Crippen molar-refractivity contribution in [3.63, 3.8) is 0 Å². The van der Waals surface area contributed by atoms with E-state index >= 15 is 0 Å². The number of piperazine rings is 1. The minimum atomic E-state index is -3.40. The maximum atomic E-state index is 12.9. The van der Waals surface area contributed by atoms with Gasteiger partial charge in [-0.15, -0.1) is 0 Å². The Hall–Kier alpha value is -1.11. The van der Waals surface area contributed by atoms with Gasteiger partial charge in [0.05, 0.1) is 11.5 Å². The fourth-order valence-electron chi connectivity index (χ4n) is 3.96. The maximum absolute atomic E-state index is 12.9. The van der Waals surface area contributed by atoms with Crippen molar-refractivity contribution >= 4 is 10.0 Å². The molecule has 1 heterocycles. The Morgan fingerprint density at radius 1 is 0.960 bits per heavy atom. The molecule has 0 unspecified atom stereocenters. The van der Waals surface area contributed by atoms with Crippen LogP contribution in [-0.4, -0.2) is 56.5 Å². The highest BCUT2D eigenvalue weighted by molar-refractivity contribution is 7.89. The summed E-state index contributed by atoms with van der Waals surface area (Å²) in [7, 11) is -3.40. The lowest BCUT2D eigenvalue weighted by molar-refractivity contribution is 0.126. The maximum Gasteiger partial charge on any atom is 0.243 e. The van der Waals surface area contributed by atoms with Crippen molar-refractivity contribution in [3.8, 4) is 5.75 Å². The van der Waals surface area contributed by atoms with Gasteiger partial charge in [0.2, 0.25) is 10.0 Å². The average molecular weight is 367 g/mol. The van der Waals surface area contributed by atoms with Crippen LogP contribution in [0.4, 0.5) is 0 Å². The molecule has 25 heavy (non-hydrogen) atoms. The minimum Gasteiger partial charge on any atom is -0.494 e. The first kappa shape index (κ1) is 18.7. The van der Waals surface area contributed by atoms with E-state index < -0.39 is 10.0 Å². The van der Waals surface area contributed by atoms with Crippen LogP contribution in [0, 0.1) is 0 Å². The van der Waals surface area contributed by atoms with Crippen LogP contribution >= 0.6 is 0 Å². The van der Waals surface area contributed by atoms with Gasteiger partial charge in [-0.3, -0.25) is 4.90 Å². The molecule has 1 aromatic rings. The molecule has 0 amide bonds. The molecule has 0 radical (unpaired) electrons. The number of hydrogen-bond donors (Lipinski definition) is 0. The highest BCUT2D eigenvalue weighted by Gasteiger charge is 2.31. The van der Waals surface area contributed by atoms with Gasteiger partial charge in [-0.1, -0.05) is 25.7 Å². The van der Waals surface area contributed by atoms with E-state index in [0.29, 0.717) is 36.4 Å². The molecule has 0 spiro atoms. The number of sulfonamides is 1. The third kappa shape index (κ3) is 4.54. The Morgan fingerprint density at radius 3 is 2.12 bits per heavy atom. The summed E-state index contributed by atoms with van der Waals surface area (Å²) in [5.74, 6) is 0.708. The zero-order valence-electron chi connectivity index (χ0n) is 15.2. The van der Waals surface area contributed by atoms with Crippen LogP contribution in [0.2, 0.25) is 0 Å². The van der Waals surface area contributed by atoms with Crippen LogP contribution in [0.15, 0.2) is 29.2 Å². The lowest BCUT2D eigenvalue weighted by Crippen LogP contribution is -2.51. The van der Waals surface area contributed by atoms with Gasteiger partial charge >= 0.3 is 0 Å². The molecule has 3 rings (SSSR count). The molecule has 5 nitrogen and oxygen atoms in total. The van der Waals surface area contributed by atoms with Crippen molar-refractivity contribution in [2.45, 2.75) is 56.4 Å². The van der Waals surface area contributed by atoms with Crippen LogP contribution in [0.25, 0.3) is 0 Å². The van der Waals surface area contributed by atoms with Crippen molar-refractivity contribution in [2.24, 2.45) is 0 Å². The fraction of sp³-hybridized carbons (Fsp3) is 0.684. The topological polar surface area (TPSA) is 49.9 Å². The molecule has 140 valence electrons. The first-order chi connectivity index (χ1) is 12.1. The van der Waals surface area contributed by atoms with E-state index in [2.05, 4.69) is 4.90 Å². The zero-order valence-corrected chi connectivity index (χ0v) is 16.0. The molecular formula is C19H30N2O3S. The van der Waals surface area contributed by atoms with E-state index in [9.17, 15) is 8.42 Å². The SMILES string of the molecule is CCOc1ccc(S(=O)(=O)N2CCN(C3CCCCCC3)CC2)cc1. The zero-order chi connectivity index (χ0) is 17.7. The van der Waals surface area contributed by atoms with E-state index in [-0.39, 0.29) is 0 Å². The first-order valence-electron chi connectivity index (χ1n) is 9.58. The van der Waals surface area contributed by atoms with Crippen molar-refractivity contribution in [1.29, 1.82) is 0 Å². The summed E-state index contributed by atoms with van der Waals surface area (Å²) in [6, 6.07) is 7.42. The van der Waals surface area contributed by atoms with Crippen LogP contribution in [0.1, 0.15) is 45.4 Å². The summed E-state index contributed by atoms with van der Waals surface area (Å²) in [6.45, 7) is 5.37. The van der Waals surface area contributed by atoms with Gasteiger partial charge in [0, 0.05) is 32.2 Å². The molecule has 1 aromatic carbocycles. The molecule has 1 saturated carbocycles. The van der Waals surface area contributed by atoms with Gasteiger partial charge in [-0.2, -0.15) is 4.31 Å². The van der Waals surface area contributed by atoms with Crippen LogP contribution < -0.4 is 4.74 Å². The second kappa shape index (κ2) is 8.52. The predicted molar refractivity (Wildman–Crippen MR) is 99.4 cm³/mol. The molecule has 0 bridgehead atoms. The van der Waals surface area contributed by atoms with Crippen LogP contribution in [-0.2, 0) is 10.0 Å². The normalized spacial score (nSPS) is 21.8. The third-order valence-electron chi connectivity index (χ3n) is 5.39. The number of nitrogens with zero attached hydrogens (tertiary/aromatic N) is 2. The summed E-state index contributed by atoms with van der Waals surface area (Å²) >= 11 is 0. The van der Waals surface area contributed by atoms with Crippen LogP contribution in [0.5, 0.6) is 5.75 Å². The minimum absolute atomic E-state index is 0.360. The monoisotopic (exact) mass is 366 g/mol. The second-order valence-corrected chi connectivity index (χ2v) is 8.93. The molecule has 2 aliphatic rings. The van der Waals surface area contributed by atoms with E-state index in [0.717, 1.165) is 13.1 Å². The third-order valence-corrected chi connectivity index (χ3v) is 7.30. The Morgan fingerprint density at radius 2 is 1.56 bits per heavy atom. The van der Waals surface area contributed by atoms with E-state index in [1.165, 1.54) is 38.5 Å². The van der Waals surface area contributed by atoms with Crippen molar-refractivity contribution in [3.05, 3.63) is 24.3 Å². The van der Waals surface area contributed by atoms with E-state index in [1.807, 2.05) is 6.92 Å². The van der Waals surface area contributed by atoms with Gasteiger partial charge in [-0.05, 0) is 44.0 Å². The molecule has 6 heteroatoms. The summed E-state index contributed by atoms with van der Waals surface area (Å²) in [5, 5.41) is 0. The molecular weight excluding hydrogens is 336 g/mol. The fourth-order valence-corrected chi connectivity index (χ4v) is 5.38. The van der Waals surface area contributed by atoms with Gasteiger partial charge in [0.25, 0.3) is 0 Å². The summed E-state index contributed by atoms with van der Waals surface area (Å²) in [5.41, 5.74) is 0. The van der Waals surface area contributed by atoms with Gasteiger partial charge < -0.3 is 4.74 Å². The Bertz CT molecular complexity index is 629. The number of benzene rings is 1. The molecule has 1 aliphatic heterocycles. The Labute approximate surface area is 152 Å². The highest BCUT2D eigenvalue weighted by Crippen LogP contribution is 2.25. The lowest BCUT2D eigenvalue weighted by Gasteiger charge is -2.38. The van der Waals surface area contributed by atoms with Crippen molar-refractivity contribution < 1.29 is 13.2 Å². The van der Waals surface area contributed by atoms with E-state index in [4.69, 9.17) is 4.74 Å². The largest absolute Gasteiger partial charge is 0.494 e. The van der Waals surface area contributed by atoms with Gasteiger partial charge in [0.1, 0.15) is 5.75 Å². The smallest absolute Gasteiger partial charge is 0.243 e. The first-order valence-corrected chi connectivity index (χ1v) is 11.0. The molecule has 1 saturated heterocycles. The quantitative estimate of drug-likeness (QED) is 0.752. The summed E-state index contributed by atoms with van der Waals surface area (Å²) in [4.78, 5) is 2.87.